The van der Waals surface area contributed by atoms with Gasteiger partial charge in [-0.2, -0.15) is 0 Å². The molecule has 5 nitrogen and oxygen atoms in total. The standard InChI is InChI=1S/C19H21ClN4OS/c20-17-6-5-14(26-17)13-23-9-11-24(12-10-23)19(25)8-7-18-21-15-3-1-2-4-16(15)22-18/h1-6H,7-13H2,(H,21,22). The Labute approximate surface area is 161 Å². The highest BCUT2D eigenvalue weighted by Gasteiger charge is 2.21. The highest BCUT2D eigenvalue weighted by molar-refractivity contribution is 7.16. The van der Waals surface area contributed by atoms with E-state index in [0.29, 0.717) is 12.8 Å². The number of carbonyl (C=O) groups excluding carboxylic acids is 1. The van der Waals surface area contributed by atoms with Crippen molar-refractivity contribution in [3.63, 3.8) is 0 Å². The highest BCUT2D eigenvalue weighted by atomic mass is 35.5. The van der Waals surface area contributed by atoms with E-state index in [-0.39, 0.29) is 5.91 Å². The summed E-state index contributed by atoms with van der Waals surface area (Å²) in [7, 11) is 0. The number of aromatic amines is 1. The summed E-state index contributed by atoms with van der Waals surface area (Å²) < 4.78 is 0.833. The van der Waals surface area contributed by atoms with E-state index in [1.165, 1.54) is 4.88 Å². The fourth-order valence-corrected chi connectivity index (χ4v) is 4.45. The van der Waals surface area contributed by atoms with Crippen LogP contribution in [0.3, 0.4) is 0 Å². The van der Waals surface area contributed by atoms with Crippen molar-refractivity contribution in [2.75, 3.05) is 26.2 Å². The number of fused-ring (bicyclic) bond motifs is 1. The molecule has 1 saturated heterocycles. The van der Waals surface area contributed by atoms with Crippen LogP contribution in [0.1, 0.15) is 17.1 Å². The molecule has 0 spiro atoms. The minimum atomic E-state index is 0.212. The van der Waals surface area contributed by atoms with Crippen LogP contribution in [0.15, 0.2) is 36.4 Å². The predicted octanol–water partition coefficient (Wildman–Crippen LogP) is 3.55. The normalized spacial score (nSPS) is 15.7. The average Bonchev–Trinajstić information content (AvgIpc) is 3.25. The SMILES string of the molecule is O=C(CCc1nc2ccccc2[nH]1)N1CCN(Cc2ccc(Cl)s2)CC1. The Morgan fingerprint density at radius 1 is 1.15 bits per heavy atom. The Kier molecular flexibility index (Phi) is 5.24. The molecule has 0 saturated carbocycles. The number of piperazine rings is 1. The third-order valence-electron chi connectivity index (χ3n) is 4.75. The number of hydrogen-bond acceptors (Lipinski definition) is 4. The van der Waals surface area contributed by atoms with Crippen LogP contribution >= 0.6 is 22.9 Å². The van der Waals surface area contributed by atoms with Crippen LogP contribution in [0.5, 0.6) is 0 Å². The predicted molar refractivity (Wildman–Crippen MR) is 106 cm³/mol. The number of aromatic nitrogens is 2. The summed E-state index contributed by atoms with van der Waals surface area (Å²) in [5.41, 5.74) is 1.98. The molecular weight excluding hydrogens is 368 g/mol. The van der Waals surface area contributed by atoms with Gasteiger partial charge in [-0.25, -0.2) is 4.98 Å². The molecule has 3 heterocycles. The second-order valence-corrected chi connectivity index (χ2v) is 8.36. The lowest BCUT2D eigenvalue weighted by atomic mass is 10.2. The molecule has 0 unspecified atom stereocenters. The minimum Gasteiger partial charge on any atom is -0.342 e. The van der Waals surface area contributed by atoms with Crippen molar-refractivity contribution in [3.8, 4) is 0 Å². The largest absolute Gasteiger partial charge is 0.342 e. The molecule has 1 fully saturated rings. The summed E-state index contributed by atoms with van der Waals surface area (Å²) in [4.78, 5) is 26.0. The van der Waals surface area contributed by atoms with Crippen molar-refractivity contribution in [2.24, 2.45) is 0 Å². The summed E-state index contributed by atoms with van der Waals surface area (Å²) in [6.45, 7) is 4.31. The maximum absolute atomic E-state index is 12.5. The lowest BCUT2D eigenvalue weighted by Gasteiger charge is -2.34. The van der Waals surface area contributed by atoms with E-state index < -0.39 is 0 Å². The van der Waals surface area contributed by atoms with E-state index in [0.717, 1.165) is 53.9 Å². The van der Waals surface area contributed by atoms with E-state index in [9.17, 15) is 4.79 Å². The van der Waals surface area contributed by atoms with E-state index in [2.05, 4.69) is 20.9 Å². The van der Waals surface area contributed by atoms with Gasteiger partial charge in [-0.15, -0.1) is 11.3 Å². The van der Waals surface area contributed by atoms with Crippen molar-refractivity contribution in [2.45, 2.75) is 19.4 Å². The number of imidazole rings is 1. The molecule has 2 aromatic heterocycles. The number of nitrogens with one attached hydrogen (secondary N) is 1. The molecule has 26 heavy (non-hydrogen) atoms. The van der Waals surface area contributed by atoms with Crippen LogP contribution in [-0.4, -0.2) is 51.9 Å². The van der Waals surface area contributed by atoms with Gasteiger partial charge >= 0.3 is 0 Å². The first-order valence-corrected chi connectivity index (χ1v) is 10.0. The van der Waals surface area contributed by atoms with Crippen LogP contribution in [0.25, 0.3) is 11.0 Å². The second-order valence-electron chi connectivity index (χ2n) is 6.56. The lowest BCUT2D eigenvalue weighted by molar-refractivity contribution is -0.133. The van der Waals surface area contributed by atoms with Crippen LogP contribution in [-0.2, 0) is 17.8 Å². The highest BCUT2D eigenvalue weighted by Crippen LogP contribution is 2.23. The molecule has 0 radical (unpaired) electrons. The molecular formula is C19H21ClN4OS. The molecule has 0 bridgehead atoms. The summed E-state index contributed by atoms with van der Waals surface area (Å²) in [6.07, 6.45) is 1.15. The number of thiophene rings is 1. The molecule has 1 N–H and O–H groups in total. The molecule has 136 valence electrons. The number of halogens is 1. The number of nitrogens with zero attached hydrogens (tertiary/aromatic N) is 3. The van der Waals surface area contributed by atoms with E-state index >= 15 is 0 Å². The first-order chi connectivity index (χ1) is 12.7. The van der Waals surface area contributed by atoms with Crippen LogP contribution in [0, 0.1) is 0 Å². The number of amides is 1. The van der Waals surface area contributed by atoms with Gasteiger partial charge in [0, 0.05) is 50.4 Å². The van der Waals surface area contributed by atoms with Crippen molar-refractivity contribution in [3.05, 3.63) is 51.4 Å². The summed E-state index contributed by atoms with van der Waals surface area (Å²) in [5.74, 6) is 1.09. The van der Waals surface area contributed by atoms with Gasteiger partial charge in [0.15, 0.2) is 0 Å². The van der Waals surface area contributed by atoms with Crippen LogP contribution < -0.4 is 0 Å². The average molecular weight is 389 g/mol. The van der Waals surface area contributed by atoms with Crippen molar-refractivity contribution in [1.82, 2.24) is 19.8 Å². The Balaban J connectivity index is 1.25. The zero-order valence-corrected chi connectivity index (χ0v) is 16.0. The number of para-hydroxylation sites is 2. The topological polar surface area (TPSA) is 52.2 Å². The van der Waals surface area contributed by atoms with E-state index in [4.69, 9.17) is 11.6 Å². The number of rotatable bonds is 5. The summed E-state index contributed by atoms with van der Waals surface area (Å²) >= 11 is 7.62. The molecule has 4 rings (SSSR count). The minimum absolute atomic E-state index is 0.212. The smallest absolute Gasteiger partial charge is 0.223 e. The van der Waals surface area contributed by atoms with Gasteiger partial charge in [0.2, 0.25) is 5.91 Å². The number of benzene rings is 1. The van der Waals surface area contributed by atoms with Gasteiger partial charge in [-0.3, -0.25) is 9.69 Å². The van der Waals surface area contributed by atoms with Crippen LogP contribution in [0.4, 0.5) is 0 Å². The Morgan fingerprint density at radius 3 is 2.69 bits per heavy atom. The Morgan fingerprint density at radius 2 is 1.96 bits per heavy atom. The third kappa shape index (κ3) is 4.09. The van der Waals surface area contributed by atoms with Gasteiger partial charge in [0.25, 0.3) is 0 Å². The van der Waals surface area contributed by atoms with Gasteiger partial charge in [-0.1, -0.05) is 23.7 Å². The van der Waals surface area contributed by atoms with Gasteiger partial charge < -0.3 is 9.88 Å². The maximum atomic E-state index is 12.5. The first kappa shape index (κ1) is 17.5. The fraction of sp³-hybridized carbons (Fsp3) is 0.368. The molecule has 0 aliphatic carbocycles. The number of H-pyrrole nitrogens is 1. The lowest BCUT2D eigenvalue weighted by Crippen LogP contribution is -2.48. The molecule has 1 aliphatic heterocycles. The van der Waals surface area contributed by atoms with Crippen molar-refractivity contribution >= 4 is 39.9 Å². The molecule has 7 heteroatoms. The number of hydrogen-bond donors (Lipinski definition) is 1. The molecule has 3 aromatic rings. The zero-order chi connectivity index (χ0) is 17.9. The van der Waals surface area contributed by atoms with Gasteiger partial charge in [-0.05, 0) is 24.3 Å². The second kappa shape index (κ2) is 7.78. The zero-order valence-electron chi connectivity index (χ0n) is 14.4. The van der Waals surface area contributed by atoms with E-state index in [1.54, 1.807) is 11.3 Å². The summed E-state index contributed by atoms with van der Waals surface area (Å²) in [5, 5.41) is 0. The Hall–Kier alpha value is -1.89. The molecule has 1 aromatic carbocycles. The van der Waals surface area contributed by atoms with Crippen LogP contribution in [0.2, 0.25) is 4.34 Å². The van der Waals surface area contributed by atoms with Crippen molar-refractivity contribution in [1.29, 1.82) is 0 Å². The fourth-order valence-electron chi connectivity index (χ4n) is 3.32. The maximum Gasteiger partial charge on any atom is 0.223 e. The quantitative estimate of drug-likeness (QED) is 0.727. The van der Waals surface area contributed by atoms with Crippen molar-refractivity contribution < 1.29 is 4.79 Å². The third-order valence-corrected chi connectivity index (χ3v) is 5.96. The molecule has 0 atom stereocenters. The Bertz CT molecular complexity index is 865. The number of carbonyl (C=O) groups is 1. The van der Waals surface area contributed by atoms with E-state index in [1.807, 2.05) is 35.2 Å². The molecule has 1 amide bonds. The molecule has 1 aliphatic rings. The van der Waals surface area contributed by atoms with Gasteiger partial charge in [0.05, 0.1) is 15.4 Å². The number of aryl methyl sites for hydroxylation is 1. The first-order valence-electron chi connectivity index (χ1n) is 8.85. The monoisotopic (exact) mass is 388 g/mol. The summed E-state index contributed by atoms with van der Waals surface area (Å²) in [6, 6.07) is 12.0. The van der Waals surface area contributed by atoms with Gasteiger partial charge in [0.1, 0.15) is 5.82 Å².